The highest BCUT2D eigenvalue weighted by molar-refractivity contribution is 5.76. The second-order valence-corrected chi connectivity index (χ2v) is 2.91. The molecule has 1 N–H and O–H groups in total. The summed E-state index contributed by atoms with van der Waals surface area (Å²) in [7, 11) is 0. The average molecular weight is 142 g/mol. The molecule has 0 aromatic heterocycles. The molecule has 0 spiro atoms. The van der Waals surface area contributed by atoms with E-state index in [-0.39, 0.29) is 5.91 Å². The first kappa shape index (κ1) is 7.54. The molecule has 3 heteroatoms. The molecule has 0 aliphatic carbocycles. The summed E-state index contributed by atoms with van der Waals surface area (Å²) in [5, 5.41) is 2.80. The van der Waals surface area contributed by atoms with Crippen LogP contribution in [0.3, 0.4) is 0 Å². The predicted molar refractivity (Wildman–Crippen MR) is 39.5 cm³/mol. The zero-order chi connectivity index (χ0) is 7.56. The quantitative estimate of drug-likeness (QED) is 0.566. The summed E-state index contributed by atoms with van der Waals surface area (Å²) in [6.07, 6.45) is 0.651. The van der Waals surface area contributed by atoms with E-state index in [9.17, 15) is 4.79 Å². The first-order valence-corrected chi connectivity index (χ1v) is 3.71. The van der Waals surface area contributed by atoms with Crippen molar-refractivity contribution in [3.05, 3.63) is 0 Å². The zero-order valence-corrected chi connectivity index (χ0v) is 6.55. The highest BCUT2D eigenvalue weighted by atomic mass is 16.1. The van der Waals surface area contributed by atoms with Gasteiger partial charge in [0, 0.05) is 19.0 Å². The van der Waals surface area contributed by atoms with Crippen LogP contribution in [0.5, 0.6) is 0 Å². The summed E-state index contributed by atoms with van der Waals surface area (Å²) >= 11 is 0. The van der Waals surface area contributed by atoms with Crippen LogP contribution in [0.15, 0.2) is 0 Å². The van der Waals surface area contributed by atoms with Gasteiger partial charge in [-0.3, -0.25) is 9.69 Å². The number of amides is 1. The molecule has 0 aromatic carbocycles. The van der Waals surface area contributed by atoms with Crippen molar-refractivity contribution in [1.82, 2.24) is 10.2 Å². The molecule has 0 atom stereocenters. The van der Waals surface area contributed by atoms with Crippen molar-refractivity contribution in [2.24, 2.45) is 0 Å². The zero-order valence-electron chi connectivity index (χ0n) is 6.55. The van der Waals surface area contributed by atoms with Crippen LogP contribution in [0.4, 0.5) is 0 Å². The number of carbonyl (C=O) groups is 1. The maximum atomic E-state index is 10.7. The average Bonchev–Trinajstić information content (AvgIpc) is 1.88. The van der Waals surface area contributed by atoms with Crippen molar-refractivity contribution in [1.29, 1.82) is 0 Å². The van der Waals surface area contributed by atoms with E-state index in [0.29, 0.717) is 12.5 Å². The SMILES string of the molecule is CC(C)N1CCC(=O)NC1. The molecule has 58 valence electrons. The van der Waals surface area contributed by atoms with Crippen molar-refractivity contribution in [2.45, 2.75) is 26.3 Å². The van der Waals surface area contributed by atoms with Gasteiger partial charge in [0.1, 0.15) is 0 Å². The van der Waals surface area contributed by atoms with Crippen LogP contribution < -0.4 is 5.32 Å². The van der Waals surface area contributed by atoms with Crippen molar-refractivity contribution in [3.63, 3.8) is 0 Å². The number of nitrogens with one attached hydrogen (secondary N) is 1. The van der Waals surface area contributed by atoms with Crippen LogP contribution in [0.2, 0.25) is 0 Å². The molecule has 0 unspecified atom stereocenters. The van der Waals surface area contributed by atoms with E-state index < -0.39 is 0 Å². The second-order valence-electron chi connectivity index (χ2n) is 2.91. The van der Waals surface area contributed by atoms with E-state index in [1.165, 1.54) is 0 Å². The molecule has 10 heavy (non-hydrogen) atoms. The van der Waals surface area contributed by atoms with E-state index in [0.717, 1.165) is 13.2 Å². The van der Waals surface area contributed by atoms with Gasteiger partial charge in [-0.25, -0.2) is 0 Å². The van der Waals surface area contributed by atoms with Crippen LogP contribution in [0.25, 0.3) is 0 Å². The van der Waals surface area contributed by atoms with Gasteiger partial charge < -0.3 is 5.32 Å². The van der Waals surface area contributed by atoms with Crippen molar-refractivity contribution < 1.29 is 4.79 Å². The summed E-state index contributed by atoms with van der Waals surface area (Å²) in [5.74, 6) is 0.178. The largest absolute Gasteiger partial charge is 0.343 e. The Kier molecular flexibility index (Phi) is 2.27. The Hall–Kier alpha value is -0.570. The lowest BCUT2D eigenvalue weighted by molar-refractivity contribution is -0.124. The Morgan fingerprint density at radius 3 is 2.70 bits per heavy atom. The molecule has 1 fully saturated rings. The molecule has 0 bridgehead atoms. The van der Waals surface area contributed by atoms with Crippen LogP contribution >= 0.6 is 0 Å². The molecule has 1 heterocycles. The van der Waals surface area contributed by atoms with Crippen LogP contribution in [0.1, 0.15) is 20.3 Å². The second kappa shape index (κ2) is 3.01. The van der Waals surface area contributed by atoms with Crippen LogP contribution in [-0.4, -0.2) is 30.1 Å². The molecule has 0 radical (unpaired) electrons. The number of hydrogen-bond acceptors (Lipinski definition) is 2. The first-order chi connectivity index (χ1) is 4.70. The smallest absolute Gasteiger partial charge is 0.222 e. The third-order valence-electron chi connectivity index (χ3n) is 1.84. The lowest BCUT2D eigenvalue weighted by Crippen LogP contribution is -2.47. The van der Waals surface area contributed by atoms with E-state index in [4.69, 9.17) is 0 Å². The Balaban J connectivity index is 2.33. The summed E-state index contributed by atoms with van der Waals surface area (Å²) in [6, 6.07) is 0.542. The summed E-state index contributed by atoms with van der Waals surface area (Å²) < 4.78 is 0. The van der Waals surface area contributed by atoms with Gasteiger partial charge in [0.05, 0.1) is 6.67 Å². The third-order valence-corrected chi connectivity index (χ3v) is 1.84. The molecule has 1 aliphatic rings. The van der Waals surface area contributed by atoms with Gasteiger partial charge in [0.25, 0.3) is 0 Å². The van der Waals surface area contributed by atoms with Gasteiger partial charge in [0.2, 0.25) is 5.91 Å². The van der Waals surface area contributed by atoms with E-state index in [2.05, 4.69) is 24.1 Å². The lowest BCUT2D eigenvalue weighted by Gasteiger charge is -2.30. The molecular formula is C7H14N2O. The highest BCUT2D eigenvalue weighted by Crippen LogP contribution is 2.01. The van der Waals surface area contributed by atoms with Crippen molar-refractivity contribution in [3.8, 4) is 0 Å². The standard InChI is InChI=1S/C7H14N2O/c1-6(2)9-4-3-7(10)8-5-9/h6H,3-5H2,1-2H3,(H,8,10). The summed E-state index contributed by atoms with van der Waals surface area (Å²) in [4.78, 5) is 12.9. The molecule has 3 nitrogen and oxygen atoms in total. The Labute approximate surface area is 61.4 Å². The van der Waals surface area contributed by atoms with Crippen LogP contribution in [0, 0.1) is 0 Å². The van der Waals surface area contributed by atoms with E-state index >= 15 is 0 Å². The topological polar surface area (TPSA) is 32.3 Å². The third kappa shape index (κ3) is 1.70. The monoisotopic (exact) mass is 142 g/mol. The molecule has 0 saturated carbocycles. The molecule has 1 amide bonds. The maximum Gasteiger partial charge on any atom is 0.222 e. The molecule has 1 saturated heterocycles. The molecule has 0 aromatic rings. The van der Waals surface area contributed by atoms with Crippen molar-refractivity contribution >= 4 is 5.91 Å². The Morgan fingerprint density at radius 2 is 2.30 bits per heavy atom. The van der Waals surface area contributed by atoms with Gasteiger partial charge in [0.15, 0.2) is 0 Å². The van der Waals surface area contributed by atoms with Crippen LogP contribution in [-0.2, 0) is 4.79 Å². The minimum absolute atomic E-state index is 0.178. The molecule has 1 aliphatic heterocycles. The summed E-state index contributed by atoms with van der Waals surface area (Å²) in [6.45, 7) is 5.90. The van der Waals surface area contributed by atoms with Gasteiger partial charge in [-0.1, -0.05) is 0 Å². The minimum Gasteiger partial charge on any atom is -0.343 e. The Bertz CT molecular complexity index is 124. The van der Waals surface area contributed by atoms with Gasteiger partial charge >= 0.3 is 0 Å². The number of carbonyl (C=O) groups excluding carboxylic acids is 1. The van der Waals surface area contributed by atoms with Gasteiger partial charge in [-0.15, -0.1) is 0 Å². The fourth-order valence-corrected chi connectivity index (χ4v) is 1.04. The minimum atomic E-state index is 0.178. The Morgan fingerprint density at radius 1 is 1.60 bits per heavy atom. The highest BCUT2D eigenvalue weighted by Gasteiger charge is 2.16. The lowest BCUT2D eigenvalue weighted by atomic mass is 10.2. The van der Waals surface area contributed by atoms with Gasteiger partial charge in [-0.2, -0.15) is 0 Å². The molecular weight excluding hydrogens is 128 g/mol. The van der Waals surface area contributed by atoms with Gasteiger partial charge in [-0.05, 0) is 13.8 Å². The summed E-state index contributed by atoms with van der Waals surface area (Å²) in [5.41, 5.74) is 0. The number of nitrogens with zero attached hydrogens (tertiary/aromatic N) is 1. The molecule has 1 rings (SSSR count). The normalized spacial score (nSPS) is 21.3. The number of hydrogen-bond donors (Lipinski definition) is 1. The van der Waals surface area contributed by atoms with Crippen molar-refractivity contribution in [2.75, 3.05) is 13.2 Å². The fourth-order valence-electron chi connectivity index (χ4n) is 1.04. The maximum absolute atomic E-state index is 10.7. The predicted octanol–water partition coefficient (Wildman–Crippen LogP) is 0.174. The first-order valence-electron chi connectivity index (χ1n) is 3.71. The van der Waals surface area contributed by atoms with E-state index in [1.54, 1.807) is 0 Å². The van der Waals surface area contributed by atoms with E-state index in [1.807, 2.05) is 0 Å². The number of rotatable bonds is 1. The fraction of sp³-hybridized carbons (Fsp3) is 0.857.